The minimum Gasteiger partial charge on any atom is -0.456 e. The number of nitrogen functional groups attached to an aromatic ring is 1. The van der Waals surface area contributed by atoms with Crippen LogP contribution in [0.2, 0.25) is 0 Å². The molecule has 10 heteroatoms. The molecule has 0 bridgehead atoms. The maximum atomic E-state index is 15.1. The topological polar surface area (TPSA) is 125 Å². The van der Waals surface area contributed by atoms with Crippen molar-refractivity contribution in [3.05, 3.63) is 12.7 Å². The van der Waals surface area contributed by atoms with E-state index in [1.54, 1.807) is 0 Å². The van der Waals surface area contributed by atoms with Crippen LogP contribution in [0, 0.1) is 5.41 Å². The lowest BCUT2D eigenvalue weighted by Gasteiger charge is -2.23. The van der Waals surface area contributed by atoms with Crippen molar-refractivity contribution < 1.29 is 25.1 Å². The number of halogens is 1. The van der Waals surface area contributed by atoms with Crippen molar-refractivity contribution in [2.75, 3.05) is 12.3 Å². The van der Waals surface area contributed by atoms with Gasteiger partial charge in [-0.25, -0.2) is 19.3 Å². The number of aliphatic hydroxyl groups excluding tert-OH is 1. The number of nitrogens with zero attached hydrogens (tertiary/aromatic N) is 4. The summed E-state index contributed by atoms with van der Waals surface area (Å²) in [5.41, 5.74) is 5.18. The van der Waals surface area contributed by atoms with E-state index >= 15 is 4.39 Å². The lowest BCUT2D eigenvalue weighted by Crippen LogP contribution is -2.39. The van der Waals surface area contributed by atoms with Crippen molar-refractivity contribution in [2.24, 2.45) is 5.41 Å². The smallest absolute Gasteiger partial charge is 0.311 e. The molecule has 0 amide bonds. The van der Waals surface area contributed by atoms with E-state index in [0.29, 0.717) is 5.52 Å². The highest BCUT2D eigenvalue weighted by Crippen LogP contribution is 2.36. The Kier molecular flexibility index (Phi) is 4.00. The van der Waals surface area contributed by atoms with Crippen LogP contribution in [0.5, 0.6) is 0 Å². The molecule has 2 aromatic heterocycles. The summed E-state index contributed by atoms with van der Waals surface area (Å²) in [7, 11) is 0. The van der Waals surface area contributed by atoms with Crippen molar-refractivity contribution in [3.63, 3.8) is 0 Å². The lowest BCUT2D eigenvalue weighted by molar-refractivity contribution is -0.164. The summed E-state index contributed by atoms with van der Waals surface area (Å²) in [4.78, 5) is 24.1. The van der Waals surface area contributed by atoms with Crippen LogP contribution in [-0.2, 0) is 14.3 Å². The number of alkyl halides is 1. The van der Waals surface area contributed by atoms with Gasteiger partial charge in [-0.15, -0.1) is 0 Å². The van der Waals surface area contributed by atoms with Gasteiger partial charge in [0.2, 0.25) is 0 Å². The average Bonchev–Trinajstić information content (AvgIpc) is 3.17. The number of rotatable bonds is 3. The molecule has 3 N–H and O–H groups in total. The molecule has 1 fully saturated rings. The fourth-order valence-electron chi connectivity index (χ4n) is 2.55. The molecule has 1 saturated heterocycles. The van der Waals surface area contributed by atoms with E-state index in [2.05, 4.69) is 15.0 Å². The number of hydrogen-bond acceptors (Lipinski definition) is 8. The third kappa shape index (κ3) is 3.02. The Morgan fingerprint density at radius 2 is 2.32 bits per heavy atom. The number of hydrogen-bond donors (Lipinski definition) is 2. The molecule has 136 valence electrons. The quantitative estimate of drug-likeness (QED) is 0.767. The zero-order valence-electron chi connectivity index (χ0n) is 14.8. The lowest BCUT2D eigenvalue weighted by atomic mass is 9.97. The number of ether oxygens (including phenoxy) is 2. The van der Waals surface area contributed by atoms with Crippen LogP contribution < -0.4 is 5.73 Å². The van der Waals surface area contributed by atoms with E-state index in [0.717, 1.165) is 0 Å². The number of anilines is 1. The molecule has 1 unspecified atom stereocenters. The molecule has 3 heterocycles. The van der Waals surface area contributed by atoms with Crippen molar-refractivity contribution in [3.8, 4) is 0 Å². The fourth-order valence-corrected chi connectivity index (χ4v) is 2.55. The SMILES string of the molecule is [2H]CC(C)(C)C(=O)O[C@@H]1[C@@H](CO)OC(n2cnc3c(N)ncnc32)[C@@H]1F. The molecule has 0 aliphatic carbocycles. The molecule has 2 aromatic rings. The summed E-state index contributed by atoms with van der Waals surface area (Å²) in [6.45, 7) is 2.30. The Bertz CT molecular complexity index is 816. The summed E-state index contributed by atoms with van der Waals surface area (Å²) in [6, 6.07) is 0. The van der Waals surface area contributed by atoms with Gasteiger partial charge in [0.1, 0.15) is 17.9 Å². The van der Waals surface area contributed by atoms with Crippen molar-refractivity contribution in [1.82, 2.24) is 19.5 Å². The number of carbonyl (C=O) groups is 1. The van der Waals surface area contributed by atoms with Gasteiger partial charge in [0.25, 0.3) is 0 Å². The number of nitrogens with two attached hydrogens (primary N) is 1. The first-order valence-corrected chi connectivity index (χ1v) is 7.64. The van der Waals surface area contributed by atoms with Gasteiger partial charge in [-0.1, -0.05) is 0 Å². The van der Waals surface area contributed by atoms with Crippen molar-refractivity contribution in [1.29, 1.82) is 0 Å². The van der Waals surface area contributed by atoms with Crippen LogP contribution >= 0.6 is 0 Å². The Balaban J connectivity index is 1.89. The van der Waals surface area contributed by atoms with E-state index in [-0.39, 0.29) is 18.4 Å². The molecule has 1 aliphatic rings. The van der Waals surface area contributed by atoms with Gasteiger partial charge < -0.3 is 20.3 Å². The summed E-state index contributed by atoms with van der Waals surface area (Å²) < 4.78 is 34.6. The highest BCUT2D eigenvalue weighted by atomic mass is 19.1. The monoisotopic (exact) mass is 354 g/mol. The van der Waals surface area contributed by atoms with Crippen LogP contribution in [0.15, 0.2) is 12.7 Å². The first-order chi connectivity index (χ1) is 12.3. The molecule has 4 atom stereocenters. The molecule has 25 heavy (non-hydrogen) atoms. The molecule has 9 nitrogen and oxygen atoms in total. The van der Waals surface area contributed by atoms with E-state index in [1.165, 1.54) is 31.1 Å². The van der Waals surface area contributed by atoms with Gasteiger partial charge in [0, 0.05) is 1.37 Å². The zero-order chi connectivity index (χ0) is 19.1. The maximum absolute atomic E-state index is 15.1. The Morgan fingerprint density at radius 1 is 1.56 bits per heavy atom. The molecule has 0 radical (unpaired) electrons. The summed E-state index contributed by atoms with van der Waals surface area (Å²) in [6.07, 6.45) is -2.83. The van der Waals surface area contributed by atoms with Gasteiger partial charge in [-0.3, -0.25) is 9.36 Å². The highest BCUT2D eigenvalue weighted by Gasteiger charge is 2.49. The highest BCUT2D eigenvalue weighted by molar-refractivity contribution is 5.81. The molecule has 0 spiro atoms. The second kappa shape index (κ2) is 6.19. The molecule has 0 aromatic carbocycles. The predicted octanol–water partition coefficient (Wildman–Crippen LogP) is 0.594. The van der Waals surface area contributed by atoms with Gasteiger partial charge in [-0.05, 0) is 20.7 Å². The zero-order valence-corrected chi connectivity index (χ0v) is 13.8. The predicted molar refractivity (Wildman–Crippen MR) is 85.0 cm³/mol. The normalized spacial score (nSPS) is 27.4. The number of aliphatic hydroxyl groups is 1. The van der Waals surface area contributed by atoms with Gasteiger partial charge in [0.05, 0.1) is 18.3 Å². The largest absolute Gasteiger partial charge is 0.456 e. The van der Waals surface area contributed by atoms with E-state index in [9.17, 15) is 9.90 Å². The Morgan fingerprint density at radius 3 is 3.00 bits per heavy atom. The molecule has 3 rings (SSSR count). The third-order valence-corrected chi connectivity index (χ3v) is 3.90. The second-order valence-electron chi connectivity index (χ2n) is 6.53. The van der Waals surface area contributed by atoms with Crippen LogP contribution in [0.25, 0.3) is 11.2 Å². The number of carbonyl (C=O) groups excluding carboxylic acids is 1. The summed E-state index contributed by atoms with van der Waals surface area (Å²) in [5.74, 6) is -0.592. The Labute approximate surface area is 144 Å². The number of imidazole rings is 1. The number of fused-ring (bicyclic) bond motifs is 1. The molecule has 0 saturated carbocycles. The minimum absolute atomic E-state index is 0.140. The van der Waals surface area contributed by atoms with Crippen LogP contribution in [-0.4, -0.2) is 55.6 Å². The van der Waals surface area contributed by atoms with Crippen molar-refractivity contribution >= 4 is 23.0 Å². The van der Waals surface area contributed by atoms with E-state index in [4.69, 9.17) is 16.6 Å². The van der Waals surface area contributed by atoms with Crippen LogP contribution in [0.3, 0.4) is 0 Å². The third-order valence-electron chi connectivity index (χ3n) is 3.90. The number of esters is 1. The van der Waals surface area contributed by atoms with E-state index in [1.807, 2.05) is 0 Å². The molecular formula is C15H20FN5O4. The van der Waals surface area contributed by atoms with Crippen molar-refractivity contribution in [2.45, 2.75) is 45.4 Å². The average molecular weight is 354 g/mol. The molecular weight excluding hydrogens is 333 g/mol. The first kappa shape index (κ1) is 16.2. The first-order valence-electron chi connectivity index (χ1n) is 8.34. The van der Waals surface area contributed by atoms with Gasteiger partial charge in [0.15, 0.2) is 30.0 Å². The summed E-state index contributed by atoms with van der Waals surface area (Å²) in [5, 5.41) is 9.51. The number of aromatic nitrogens is 4. The fraction of sp³-hybridized carbons (Fsp3) is 0.600. The van der Waals surface area contributed by atoms with Gasteiger partial charge in [-0.2, -0.15) is 0 Å². The maximum Gasteiger partial charge on any atom is 0.311 e. The van der Waals surface area contributed by atoms with Gasteiger partial charge >= 0.3 is 5.97 Å². The summed E-state index contributed by atoms with van der Waals surface area (Å²) >= 11 is 0. The second-order valence-corrected chi connectivity index (χ2v) is 6.53. The van der Waals surface area contributed by atoms with E-state index < -0.39 is 42.6 Å². The molecule has 1 aliphatic heterocycles. The minimum atomic E-state index is -1.77. The van der Waals surface area contributed by atoms with Crippen LogP contribution in [0.1, 0.15) is 28.3 Å². The Hall–Kier alpha value is -2.33. The van der Waals surface area contributed by atoms with Crippen LogP contribution in [0.4, 0.5) is 10.2 Å². The standard InChI is InChI=1S/C15H20FN5O4/c1-15(2,3)14(23)25-10-7(4-22)24-13(8(10)16)21-6-20-9-11(17)18-5-19-12(9)21/h5-8,10,13,22H,4H2,1-3H3,(H2,17,18,19)/t7-,8-,10-,13?/m1/s1/i1D.